The largest absolute Gasteiger partial charge is 0.273 e. The van der Waals surface area contributed by atoms with Gasteiger partial charge in [-0.3, -0.25) is 4.68 Å². The first-order valence-electron chi connectivity index (χ1n) is 5.63. The molecule has 7 heteroatoms. The van der Waals surface area contributed by atoms with Crippen molar-refractivity contribution in [1.82, 2.24) is 14.5 Å². The fourth-order valence-electron chi connectivity index (χ4n) is 1.63. The Morgan fingerprint density at radius 1 is 1.37 bits per heavy atom. The van der Waals surface area contributed by atoms with E-state index in [-0.39, 0.29) is 11.4 Å². The Hall–Kier alpha value is -1.18. The summed E-state index contributed by atoms with van der Waals surface area (Å²) in [7, 11) is -1.71. The third-order valence-electron chi connectivity index (χ3n) is 2.92. The van der Waals surface area contributed by atoms with E-state index < -0.39 is 10.0 Å². The maximum absolute atomic E-state index is 12.2. The van der Waals surface area contributed by atoms with Crippen LogP contribution in [0.1, 0.15) is 11.3 Å². The third kappa shape index (κ3) is 3.05. The Morgan fingerprint density at radius 2 is 2.05 bits per heavy atom. The normalized spacial score (nSPS) is 11.7. The lowest BCUT2D eigenvalue weighted by molar-refractivity contribution is 0.580. The molecule has 2 aromatic rings. The molecule has 0 saturated carbocycles. The molecule has 102 valence electrons. The van der Waals surface area contributed by atoms with Gasteiger partial charge in [0.1, 0.15) is 0 Å². The Labute approximate surface area is 120 Å². The molecule has 0 atom stereocenters. The van der Waals surface area contributed by atoms with E-state index in [4.69, 9.17) is 0 Å². The summed E-state index contributed by atoms with van der Waals surface area (Å²) in [5.41, 5.74) is 1.80. The van der Waals surface area contributed by atoms with Crippen LogP contribution in [-0.4, -0.2) is 18.2 Å². The standard InChI is InChI=1S/C12H14BrN3O2S/c1-9-10(7-14-16(9)2)8-15-19(17,18)12-6-4-3-5-11(12)13/h3-7,15H,8H2,1-2H3. The zero-order chi connectivity index (χ0) is 14.0. The minimum atomic E-state index is -3.53. The predicted octanol–water partition coefficient (Wildman–Crippen LogP) is 1.97. The van der Waals surface area contributed by atoms with Gasteiger partial charge in [-0.15, -0.1) is 0 Å². The highest BCUT2D eigenvalue weighted by atomic mass is 79.9. The Bertz CT molecular complexity index is 695. The van der Waals surface area contributed by atoms with Crippen molar-refractivity contribution in [3.63, 3.8) is 0 Å². The first-order chi connectivity index (χ1) is 8.92. The molecule has 0 unspecified atom stereocenters. The monoisotopic (exact) mass is 343 g/mol. The molecule has 0 aliphatic carbocycles. The predicted molar refractivity (Wildman–Crippen MR) is 76.1 cm³/mol. The molecule has 0 saturated heterocycles. The quantitative estimate of drug-likeness (QED) is 0.922. The summed E-state index contributed by atoms with van der Waals surface area (Å²) in [6.07, 6.45) is 1.66. The summed E-state index contributed by atoms with van der Waals surface area (Å²) in [6, 6.07) is 6.72. The van der Waals surface area contributed by atoms with Crippen molar-refractivity contribution in [2.45, 2.75) is 18.4 Å². The lowest BCUT2D eigenvalue weighted by atomic mass is 10.3. The smallest absolute Gasteiger partial charge is 0.241 e. The van der Waals surface area contributed by atoms with Crippen molar-refractivity contribution in [1.29, 1.82) is 0 Å². The maximum Gasteiger partial charge on any atom is 0.241 e. The molecule has 1 aromatic heterocycles. The molecule has 0 spiro atoms. The van der Waals surface area contributed by atoms with E-state index in [1.54, 1.807) is 35.1 Å². The van der Waals surface area contributed by atoms with Gasteiger partial charge < -0.3 is 0 Å². The molecule has 2 rings (SSSR count). The number of hydrogen-bond donors (Lipinski definition) is 1. The van der Waals surface area contributed by atoms with Gasteiger partial charge in [0.05, 0.1) is 11.1 Å². The highest BCUT2D eigenvalue weighted by Crippen LogP contribution is 2.21. The van der Waals surface area contributed by atoms with Crippen LogP contribution in [0.3, 0.4) is 0 Å². The fraction of sp³-hybridized carbons (Fsp3) is 0.250. The van der Waals surface area contributed by atoms with E-state index in [1.165, 1.54) is 0 Å². The van der Waals surface area contributed by atoms with Crippen LogP contribution in [-0.2, 0) is 23.6 Å². The average Bonchev–Trinajstić information content (AvgIpc) is 2.68. The minimum absolute atomic E-state index is 0.226. The van der Waals surface area contributed by atoms with Gasteiger partial charge in [0.2, 0.25) is 10.0 Å². The molecule has 0 radical (unpaired) electrons. The summed E-state index contributed by atoms with van der Waals surface area (Å²) < 4.78 is 29.2. The number of aromatic nitrogens is 2. The van der Waals surface area contributed by atoms with Gasteiger partial charge in [0, 0.05) is 29.3 Å². The molecular weight excluding hydrogens is 330 g/mol. The third-order valence-corrected chi connectivity index (χ3v) is 5.33. The SMILES string of the molecule is Cc1c(CNS(=O)(=O)c2ccccc2Br)cnn1C. The molecule has 5 nitrogen and oxygen atoms in total. The second kappa shape index (κ2) is 5.44. The highest BCUT2D eigenvalue weighted by Gasteiger charge is 2.17. The molecule has 0 fully saturated rings. The van der Waals surface area contributed by atoms with Crippen molar-refractivity contribution in [2.75, 3.05) is 0 Å². The second-order valence-electron chi connectivity index (χ2n) is 4.13. The number of sulfonamides is 1. The molecular formula is C12H14BrN3O2S. The summed E-state index contributed by atoms with van der Waals surface area (Å²) >= 11 is 3.24. The number of halogens is 1. The van der Waals surface area contributed by atoms with Gasteiger partial charge in [-0.05, 0) is 35.0 Å². The van der Waals surface area contributed by atoms with E-state index in [0.717, 1.165) is 11.3 Å². The van der Waals surface area contributed by atoms with Crippen molar-refractivity contribution in [3.05, 3.63) is 46.2 Å². The zero-order valence-corrected chi connectivity index (χ0v) is 13.0. The number of nitrogens with one attached hydrogen (secondary N) is 1. The van der Waals surface area contributed by atoms with E-state index in [0.29, 0.717) is 4.47 Å². The second-order valence-corrected chi connectivity index (χ2v) is 6.72. The zero-order valence-electron chi connectivity index (χ0n) is 10.6. The van der Waals surface area contributed by atoms with Crippen LogP contribution in [0.25, 0.3) is 0 Å². The lowest BCUT2D eigenvalue weighted by Crippen LogP contribution is -2.23. The lowest BCUT2D eigenvalue weighted by Gasteiger charge is -2.08. The minimum Gasteiger partial charge on any atom is -0.273 e. The summed E-state index contributed by atoms with van der Waals surface area (Å²) in [5, 5.41) is 4.08. The van der Waals surface area contributed by atoms with Crippen LogP contribution in [0, 0.1) is 6.92 Å². The van der Waals surface area contributed by atoms with E-state index in [2.05, 4.69) is 25.8 Å². The Balaban J connectivity index is 2.19. The van der Waals surface area contributed by atoms with Gasteiger partial charge in [-0.25, -0.2) is 13.1 Å². The van der Waals surface area contributed by atoms with Crippen molar-refractivity contribution < 1.29 is 8.42 Å². The van der Waals surface area contributed by atoms with E-state index in [1.807, 2.05) is 14.0 Å². The van der Waals surface area contributed by atoms with Crippen molar-refractivity contribution >= 4 is 26.0 Å². The van der Waals surface area contributed by atoms with Crippen LogP contribution in [0.5, 0.6) is 0 Å². The van der Waals surface area contributed by atoms with Crippen molar-refractivity contribution in [2.24, 2.45) is 7.05 Å². The van der Waals surface area contributed by atoms with E-state index >= 15 is 0 Å². The fourth-order valence-corrected chi connectivity index (χ4v) is 3.64. The molecule has 0 aliphatic heterocycles. The molecule has 1 aromatic carbocycles. The van der Waals surface area contributed by atoms with Crippen molar-refractivity contribution in [3.8, 4) is 0 Å². The molecule has 1 heterocycles. The number of nitrogens with zero attached hydrogens (tertiary/aromatic N) is 2. The van der Waals surface area contributed by atoms with Crippen LogP contribution in [0.2, 0.25) is 0 Å². The molecule has 0 amide bonds. The highest BCUT2D eigenvalue weighted by molar-refractivity contribution is 9.10. The average molecular weight is 344 g/mol. The molecule has 0 aliphatic rings. The van der Waals surface area contributed by atoms with Gasteiger partial charge >= 0.3 is 0 Å². The summed E-state index contributed by atoms with van der Waals surface area (Å²) in [4.78, 5) is 0.233. The van der Waals surface area contributed by atoms with Gasteiger partial charge in [-0.2, -0.15) is 5.10 Å². The molecule has 19 heavy (non-hydrogen) atoms. The first kappa shape index (κ1) is 14.2. The first-order valence-corrected chi connectivity index (χ1v) is 7.91. The van der Waals surface area contributed by atoms with Crippen LogP contribution in [0.4, 0.5) is 0 Å². The Morgan fingerprint density at radius 3 is 2.63 bits per heavy atom. The van der Waals surface area contributed by atoms with Gasteiger partial charge in [0.15, 0.2) is 0 Å². The van der Waals surface area contributed by atoms with Crippen LogP contribution >= 0.6 is 15.9 Å². The van der Waals surface area contributed by atoms with Crippen LogP contribution in [0.15, 0.2) is 39.8 Å². The van der Waals surface area contributed by atoms with Gasteiger partial charge in [-0.1, -0.05) is 12.1 Å². The number of aryl methyl sites for hydroxylation is 1. The summed E-state index contributed by atoms with van der Waals surface area (Å²) in [5.74, 6) is 0. The number of rotatable bonds is 4. The maximum atomic E-state index is 12.2. The number of hydrogen-bond acceptors (Lipinski definition) is 3. The van der Waals surface area contributed by atoms with Gasteiger partial charge in [0.25, 0.3) is 0 Å². The van der Waals surface area contributed by atoms with E-state index in [9.17, 15) is 8.42 Å². The Kier molecular flexibility index (Phi) is 4.07. The topological polar surface area (TPSA) is 64.0 Å². The summed E-state index contributed by atoms with van der Waals surface area (Å²) in [6.45, 7) is 2.12. The van der Waals surface area contributed by atoms with Crippen LogP contribution < -0.4 is 4.72 Å². The molecule has 1 N–H and O–H groups in total. The number of benzene rings is 1. The molecule has 0 bridgehead atoms.